The Labute approximate surface area is 183 Å². The number of halogens is 1. The summed E-state index contributed by atoms with van der Waals surface area (Å²) in [6, 6.07) is 10.5. The molecule has 2 N–H and O–H groups in total. The number of carbonyl (C=O) groups is 1. The number of aromatic amines is 1. The summed E-state index contributed by atoms with van der Waals surface area (Å²) in [5.74, 6) is 0.230. The molecule has 0 saturated heterocycles. The molecule has 0 fully saturated rings. The molecule has 156 valence electrons. The fourth-order valence-corrected chi connectivity index (χ4v) is 3.39. The van der Waals surface area contributed by atoms with Crippen LogP contribution in [-0.4, -0.2) is 30.6 Å². The van der Waals surface area contributed by atoms with Crippen molar-refractivity contribution in [3.8, 4) is 17.1 Å². The molecular weight excluding hydrogens is 416 g/mol. The van der Waals surface area contributed by atoms with Gasteiger partial charge in [0.1, 0.15) is 5.82 Å². The molecule has 3 heterocycles. The summed E-state index contributed by atoms with van der Waals surface area (Å²) in [5.41, 5.74) is 2.81. The maximum absolute atomic E-state index is 12.6. The number of amides is 1. The van der Waals surface area contributed by atoms with Crippen LogP contribution in [0.4, 0.5) is 5.69 Å². The third kappa shape index (κ3) is 4.70. The summed E-state index contributed by atoms with van der Waals surface area (Å²) in [6.45, 7) is 1.76. The summed E-state index contributed by atoms with van der Waals surface area (Å²) in [6.07, 6.45) is 7.07. The lowest BCUT2D eigenvalue weighted by molar-refractivity contribution is -0.116. The molecule has 31 heavy (non-hydrogen) atoms. The smallest absolute Gasteiger partial charge is 0.254 e. The first-order valence-corrected chi connectivity index (χ1v) is 9.98. The van der Waals surface area contributed by atoms with Crippen LogP contribution < -0.4 is 10.9 Å². The van der Waals surface area contributed by atoms with Gasteiger partial charge in [-0.1, -0.05) is 11.6 Å². The summed E-state index contributed by atoms with van der Waals surface area (Å²) in [4.78, 5) is 36.4. The third-order valence-corrected chi connectivity index (χ3v) is 5.00. The van der Waals surface area contributed by atoms with Crippen molar-refractivity contribution in [1.29, 1.82) is 0 Å². The second kappa shape index (κ2) is 8.93. The Morgan fingerprint density at radius 1 is 1.19 bits per heavy atom. The average Bonchev–Trinajstić information content (AvgIpc) is 3.28. The summed E-state index contributed by atoms with van der Waals surface area (Å²) in [7, 11) is 0. The van der Waals surface area contributed by atoms with Gasteiger partial charge in [-0.15, -0.1) is 0 Å². The van der Waals surface area contributed by atoms with E-state index in [0.717, 1.165) is 5.56 Å². The van der Waals surface area contributed by atoms with Crippen molar-refractivity contribution in [3.63, 3.8) is 0 Å². The molecule has 4 aromatic rings. The van der Waals surface area contributed by atoms with E-state index in [-0.39, 0.29) is 24.3 Å². The normalized spacial score (nSPS) is 10.8. The Hall–Kier alpha value is -3.78. The number of nitrogens with zero attached hydrogens (tertiary/aromatic N) is 4. The van der Waals surface area contributed by atoms with E-state index in [1.807, 2.05) is 0 Å². The highest BCUT2D eigenvalue weighted by atomic mass is 35.5. The SMILES string of the molecule is Cc1nc(-c2ccncc2)[nH]c(=O)c1CCC(=O)Nc1cc(Cl)ccc1-n1cccn1. The number of anilines is 1. The van der Waals surface area contributed by atoms with Gasteiger partial charge in [-0.05, 0) is 49.7 Å². The van der Waals surface area contributed by atoms with Crippen molar-refractivity contribution in [2.45, 2.75) is 19.8 Å². The van der Waals surface area contributed by atoms with Crippen LogP contribution in [0.3, 0.4) is 0 Å². The van der Waals surface area contributed by atoms with E-state index in [4.69, 9.17) is 11.6 Å². The largest absolute Gasteiger partial charge is 0.324 e. The van der Waals surface area contributed by atoms with Gasteiger partial charge >= 0.3 is 0 Å². The number of aromatic nitrogens is 5. The predicted molar refractivity (Wildman–Crippen MR) is 118 cm³/mol. The molecule has 0 aliphatic carbocycles. The highest BCUT2D eigenvalue weighted by molar-refractivity contribution is 6.31. The lowest BCUT2D eigenvalue weighted by Gasteiger charge is -2.12. The van der Waals surface area contributed by atoms with Crippen LogP contribution in [0.15, 0.2) is 66.0 Å². The predicted octanol–water partition coefficient (Wildman–Crippen LogP) is 3.55. The number of H-pyrrole nitrogens is 1. The minimum absolute atomic E-state index is 0.116. The number of nitrogens with one attached hydrogen (secondary N) is 2. The van der Waals surface area contributed by atoms with Crippen LogP contribution in [0.1, 0.15) is 17.7 Å². The van der Waals surface area contributed by atoms with Gasteiger partial charge in [0.25, 0.3) is 5.56 Å². The first-order chi connectivity index (χ1) is 15.0. The van der Waals surface area contributed by atoms with Crippen molar-refractivity contribution < 1.29 is 4.79 Å². The minimum Gasteiger partial charge on any atom is -0.324 e. The monoisotopic (exact) mass is 434 g/mol. The first-order valence-electron chi connectivity index (χ1n) is 9.61. The Morgan fingerprint density at radius 3 is 2.71 bits per heavy atom. The maximum Gasteiger partial charge on any atom is 0.254 e. The molecule has 3 aromatic heterocycles. The lowest BCUT2D eigenvalue weighted by atomic mass is 10.1. The topological polar surface area (TPSA) is 106 Å². The first kappa shape index (κ1) is 20.5. The second-order valence-electron chi connectivity index (χ2n) is 6.87. The summed E-state index contributed by atoms with van der Waals surface area (Å²) >= 11 is 6.10. The van der Waals surface area contributed by atoms with Crippen molar-refractivity contribution in [2.75, 3.05) is 5.32 Å². The van der Waals surface area contributed by atoms with Crippen LogP contribution >= 0.6 is 11.6 Å². The maximum atomic E-state index is 12.6. The highest BCUT2D eigenvalue weighted by Gasteiger charge is 2.14. The number of pyridine rings is 1. The van der Waals surface area contributed by atoms with Crippen molar-refractivity contribution in [1.82, 2.24) is 24.7 Å². The number of rotatable bonds is 6. The van der Waals surface area contributed by atoms with E-state index in [0.29, 0.717) is 33.5 Å². The van der Waals surface area contributed by atoms with Gasteiger partial charge in [-0.25, -0.2) is 9.67 Å². The number of hydrogen-bond donors (Lipinski definition) is 2. The molecule has 8 nitrogen and oxygen atoms in total. The fraction of sp³-hybridized carbons (Fsp3) is 0.136. The molecule has 0 radical (unpaired) electrons. The molecule has 1 aromatic carbocycles. The van der Waals surface area contributed by atoms with E-state index < -0.39 is 0 Å². The van der Waals surface area contributed by atoms with Gasteiger partial charge in [0.05, 0.1) is 11.4 Å². The molecule has 0 atom stereocenters. The van der Waals surface area contributed by atoms with E-state index in [9.17, 15) is 9.59 Å². The molecule has 0 saturated carbocycles. The van der Waals surface area contributed by atoms with Crippen LogP contribution in [-0.2, 0) is 11.2 Å². The van der Waals surface area contributed by atoms with Gasteiger partial charge in [0.2, 0.25) is 5.91 Å². The zero-order valence-corrected chi connectivity index (χ0v) is 17.4. The quantitative estimate of drug-likeness (QED) is 0.482. The highest BCUT2D eigenvalue weighted by Crippen LogP contribution is 2.24. The van der Waals surface area contributed by atoms with Crippen LogP contribution in [0.25, 0.3) is 17.1 Å². The Kier molecular flexibility index (Phi) is 5.90. The fourth-order valence-electron chi connectivity index (χ4n) is 3.22. The number of benzene rings is 1. The standard InChI is InChI=1S/C22H19ClN6O2/c1-14-17(22(31)28-21(26-14)15-7-10-24-11-8-15)4-6-20(30)27-18-13-16(23)3-5-19(18)29-12-2-9-25-29/h2-3,5,7-13H,4,6H2,1H3,(H,27,30)(H,26,28,31). The second-order valence-corrected chi connectivity index (χ2v) is 7.31. The molecule has 1 amide bonds. The van der Waals surface area contributed by atoms with E-state index in [1.54, 1.807) is 72.8 Å². The van der Waals surface area contributed by atoms with Gasteiger partial charge in [-0.2, -0.15) is 5.10 Å². The van der Waals surface area contributed by atoms with Gasteiger partial charge < -0.3 is 10.3 Å². The lowest BCUT2D eigenvalue weighted by Crippen LogP contribution is -2.20. The Morgan fingerprint density at radius 2 is 2.00 bits per heavy atom. The number of hydrogen-bond acceptors (Lipinski definition) is 5. The van der Waals surface area contributed by atoms with Crippen LogP contribution in [0.2, 0.25) is 5.02 Å². The molecular formula is C22H19ClN6O2. The zero-order valence-electron chi connectivity index (χ0n) is 16.7. The zero-order chi connectivity index (χ0) is 21.8. The van der Waals surface area contributed by atoms with Crippen molar-refractivity contribution >= 4 is 23.2 Å². The summed E-state index contributed by atoms with van der Waals surface area (Å²) < 4.78 is 1.64. The summed E-state index contributed by atoms with van der Waals surface area (Å²) in [5, 5.41) is 7.56. The average molecular weight is 435 g/mol. The van der Waals surface area contributed by atoms with Crippen molar-refractivity contribution in [2.24, 2.45) is 0 Å². The molecule has 0 spiro atoms. The number of aryl methyl sites for hydroxylation is 1. The number of carbonyl (C=O) groups excluding carboxylic acids is 1. The minimum atomic E-state index is -0.257. The molecule has 4 rings (SSSR count). The van der Waals surface area contributed by atoms with Gasteiger partial charge in [0, 0.05) is 53.1 Å². The van der Waals surface area contributed by atoms with Crippen LogP contribution in [0.5, 0.6) is 0 Å². The van der Waals surface area contributed by atoms with E-state index in [1.165, 1.54) is 0 Å². The third-order valence-electron chi connectivity index (χ3n) is 4.76. The van der Waals surface area contributed by atoms with Crippen LogP contribution in [0, 0.1) is 6.92 Å². The Bertz CT molecular complexity index is 1270. The molecule has 9 heteroatoms. The van der Waals surface area contributed by atoms with E-state index in [2.05, 4.69) is 25.4 Å². The Balaban J connectivity index is 1.49. The molecule has 0 aliphatic rings. The molecule has 0 aliphatic heterocycles. The molecule has 0 bridgehead atoms. The van der Waals surface area contributed by atoms with E-state index >= 15 is 0 Å². The van der Waals surface area contributed by atoms with Gasteiger partial charge in [-0.3, -0.25) is 14.6 Å². The van der Waals surface area contributed by atoms with Gasteiger partial charge in [0.15, 0.2) is 0 Å². The molecule has 0 unspecified atom stereocenters. The van der Waals surface area contributed by atoms with Crippen molar-refractivity contribution in [3.05, 3.63) is 87.8 Å².